The van der Waals surface area contributed by atoms with Crippen molar-refractivity contribution in [1.82, 2.24) is 10.2 Å². The van der Waals surface area contributed by atoms with Gasteiger partial charge in [0.15, 0.2) is 0 Å². The van der Waals surface area contributed by atoms with Crippen LogP contribution in [0.5, 0.6) is 0 Å². The van der Waals surface area contributed by atoms with Gasteiger partial charge >= 0.3 is 0 Å². The molecular formula is C18H32N2O. The highest BCUT2D eigenvalue weighted by molar-refractivity contribution is 5.26. The van der Waals surface area contributed by atoms with Crippen LogP contribution in [0.4, 0.5) is 0 Å². The van der Waals surface area contributed by atoms with Crippen LogP contribution in [0.3, 0.4) is 0 Å². The van der Waals surface area contributed by atoms with Crippen molar-refractivity contribution in [3.05, 3.63) is 35.4 Å². The van der Waals surface area contributed by atoms with E-state index in [9.17, 15) is 5.11 Å². The van der Waals surface area contributed by atoms with E-state index in [1.807, 2.05) is 12.1 Å². The first kappa shape index (κ1) is 18.1. The lowest BCUT2D eigenvalue weighted by Gasteiger charge is -2.29. The van der Waals surface area contributed by atoms with Crippen LogP contribution in [-0.2, 0) is 0 Å². The fourth-order valence-corrected chi connectivity index (χ4v) is 2.68. The van der Waals surface area contributed by atoms with Gasteiger partial charge in [-0.1, -0.05) is 52.0 Å². The van der Waals surface area contributed by atoms with Crippen molar-refractivity contribution < 1.29 is 5.11 Å². The lowest BCUT2D eigenvalue weighted by Crippen LogP contribution is -2.38. The third-order valence-electron chi connectivity index (χ3n) is 3.67. The van der Waals surface area contributed by atoms with E-state index in [1.165, 1.54) is 5.56 Å². The standard InChI is InChI=1S/C18H32N2O/c1-14(2)15-7-9-16(10-8-15)17(21)11-19-12-18(3,4)13-20(5)6/h7-10,14,17,19,21H,11-13H2,1-6H3. The average molecular weight is 292 g/mol. The molecule has 0 aliphatic rings. The van der Waals surface area contributed by atoms with E-state index in [4.69, 9.17) is 0 Å². The van der Waals surface area contributed by atoms with E-state index in [2.05, 4.69) is 64.1 Å². The number of benzene rings is 1. The maximum absolute atomic E-state index is 10.3. The van der Waals surface area contributed by atoms with E-state index < -0.39 is 6.10 Å². The summed E-state index contributed by atoms with van der Waals surface area (Å²) in [4.78, 5) is 2.20. The largest absolute Gasteiger partial charge is 0.387 e. The Labute approximate surface area is 130 Å². The third-order valence-corrected chi connectivity index (χ3v) is 3.67. The van der Waals surface area contributed by atoms with Crippen molar-refractivity contribution in [3.8, 4) is 0 Å². The fraction of sp³-hybridized carbons (Fsp3) is 0.667. The SMILES string of the molecule is CC(C)c1ccc(C(O)CNCC(C)(C)CN(C)C)cc1. The zero-order chi connectivity index (χ0) is 16.0. The molecule has 0 spiro atoms. The Balaban J connectivity index is 2.45. The minimum absolute atomic E-state index is 0.199. The molecule has 120 valence electrons. The predicted molar refractivity (Wildman–Crippen MR) is 90.7 cm³/mol. The summed E-state index contributed by atoms with van der Waals surface area (Å²) in [7, 11) is 4.18. The maximum atomic E-state index is 10.3. The van der Waals surface area contributed by atoms with Gasteiger partial charge in [0.1, 0.15) is 0 Å². The van der Waals surface area contributed by atoms with Crippen molar-refractivity contribution in [1.29, 1.82) is 0 Å². The van der Waals surface area contributed by atoms with Gasteiger partial charge in [-0.2, -0.15) is 0 Å². The van der Waals surface area contributed by atoms with Crippen LogP contribution < -0.4 is 5.32 Å². The molecule has 3 nitrogen and oxygen atoms in total. The topological polar surface area (TPSA) is 35.5 Å². The van der Waals surface area contributed by atoms with Gasteiger partial charge in [-0.3, -0.25) is 0 Å². The lowest BCUT2D eigenvalue weighted by atomic mass is 9.93. The van der Waals surface area contributed by atoms with Crippen LogP contribution in [0.1, 0.15) is 50.8 Å². The molecule has 1 aromatic carbocycles. The number of nitrogens with one attached hydrogen (secondary N) is 1. The minimum Gasteiger partial charge on any atom is -0.387 e. The highest BCUT2D eigenvalue weighted by atomic mass is 16.3. The molecule has 1 rings (SSSR count). The molecular weight excluding hydrogens is 260 g/mol. The molecule has 0 amide bonds. The van der Waals surface area contributed by atoms with E-state index in [0.717, 1.165) is 18.7 Å². The summed E-state index contributed by atoms with van der Waals surface area (Å²) < 4.78 is 0. The summed E-state index contributed by atoms with van der Waals surface area (Å²) in [5, 5.41) is 13.6. The number of hydrogen-bond donors (Lipinski definition) is 2. The molecule has 1 atom stereocenters. The smallest absolute Gasteiger partial charge is 0.0914 e. The molecule has 21 heavy (non-hydrogen) atoms. The highest BCUT2D eigenvalue weighted by Gasteiger charge is 2.19. The molecule has 1 unspecified atom stereocenters. The molecule has 0 heterocycles. The molecule has 0 aliphatic heterocycles. The number of aliphatic hydroxyl groups excluding tert-OH is 1. The van der Waals surface area contributed by atoms with E-state index in [0.29, 0.717) is 12.5 Å². The van der Waals surface area contributed by atoms with Crippen LogP contribution in [0, 0.1) is 5.41 Å². The predicted octanol–water partition coefficient (Wildman–Crippen LogP) is 3.02. The summed E-state index contributed by atoms with van der Waals surface area (Å²) >= 11 is 0. The summed E-state index contributed by atoms with van der Waals surface area (Å²) in [6.45, 7) is 11.4. The van der Waals surface area contributed by atoms with Crippen molar-refractivity contribution >= 4 is 0 Å². The van der Waals surface area contributed by atoms with Crippen molar-refractivity contribution in [2.24, 2.45) is 5.41 Å². The Morgan fingerprint density at radius 1 is 1.10 bits per heavy atom. The summed E-state index contributed by atoms with van der Waals surface area (Å²) in [6.07, 6.45) is -0.443. The van der Waals surface area contributed by atoms with E-state index >= 15 is 0 Å². The summed E-state index contributed by atoms with van der Waals surface area (Å²) in [5.74, 6) is 0.529. The molecule has 0 saturated heterocycles. The van der Waals surface area contributed by atoms with Gasteiger partial charge < -0.3 is 15.3 Å². The van der Waals surface area contributed by atoms with Gasteiger partial charge in [-0.15, -0.1) is 0 Å². The van der Waals surface area contributed by atoms with Gasteiger partial charge in [0.05, 0.1) is 6.10 Å². The molecule has 1 aromatic rings. The first-order valence-electron chi connectivity index (χ1n) is 7.84. The number of aliphatic hydroxyl groups is 1. The molecule has 0 bridgehead atoms. The molecule has 3 heteroatoms. The average Bonchev–Trinajstić information content (AvgIpc) is 2.36. The molecule has 0 fully saturated rings. The van der Waals surface area contributed by atoms with Gasteiger partial charge in [0.25, 0.3) is 0 Å². The van der Waals surface area contributed by atoms with Crippen LogP contribution in [-0.4, -0.2) is 43.7 Å². The molecule has 0 aliphatic carbocycles. The molecule has 2 N–H and O–H groups in total. The van der Waals surface area contributed by atoms with Crippen molar-refractivity contribution in [3.63, 3.8) is 0 Å². The number of rotatable bonds is 8. The van der Waals surface area contributed by atoms with Crippen molar-refractivity contribution in [2.45, 2.75) is 39.7 Å². The molecule has 0 radical (unpaired) electrons. The maximum Gasteiger partial charge on any atom is 0.0914 e. The second-order valence-corrected chi connectivity index (χ2v) is 7.37. The van der Waals surface area contributed by atoms with E-state index in [-0.39, 0.29) is 5.41 Å². The van der Waals surface area contributed by atoms with Crippen LogP contribution in [0.2, 0.25) is 0 Å². The normalized spacial score (nSPS) is 14.0. The monoisotopic (exact) mass is 292 g/mol. The highest BCUT2D eigenvalue weighted by Crippen LogP contribution is 2.19. The lowest BCUT2D eigenvalue weighted by molar-refractivity contribution is 0.162. The zero-order valence-corrected chi connectivity index (χ0v) is 14.5. The second kappa shape index (κ2) is 7.92. The van der Waals surface area contributed by atoms with Crippen LogP contribution >= 0.6 is 0 Å². The van der Waals surface area contributed by atoms with Gasteiger partial charge in [0.2, 0.25) is 0 Å². The number of hydrogen-bond acceptors (Lipinski definition) is 3. The Hall–Kier alpha value is -0.900. The Bertz CT molecular complexity index is 410. The Morgan fingerprint density at radius 2 is 1.62 bits per heavy atom. The minimum atomic E-state index is -0.443. The Kier molecular flexibility index (Phi) is 6.85. The summed E-state index contributed by atoms with van der Waals surface area (Å²) in [6, 6.07) is 8.29. The first-order chi connectivity index (χ1) is 9.71. The molecule has 0 aromatic heterocycles. The van der Waals surface area contributed by atoms with Crippen LogP contribution in [0.15, 0.2) is 24.3 Å². The number of nitrogens with zero attached hydrogens (tertiary/aromatic N) is 1. The third kappa shape index (κ3) is 6.60. The van der Waals surface area contributed by atoms with Gasteiger partial charge in [-0.05, 0) is 36.6 Å². The quantitative estimate of drug-likeness (QED) is 0.773. The first-order valence-corrected chi connectivity index (χ1v) is 7.84. The van der Waals surface area contributed by atoms with E-state index in [1.54, 1.807) is 0 Å². The van der Waals surface area contributed by atoms with Gasteiger partial charge in [-0.25, -0.2) is 0 Å². The van der Waals surface area contributed by atoms with Crippen LogP contribution in [0.25, 0.3) is 0 Å². The van der Waals surface area contributed by atoms with Gasteiger partial charge in [0, 0.05) is 19.6 Å². The van der Waals surface area contributed by atoms with Crippen molar-refractivity contribution in [2.75, 3.05) is 33.7 Å². The fourth-order valence-electron chi connectivity index (χ4n) is 2.68. The Morgan fingerprint density at radius 3 is 2.10 bits per heavy atom. The zero-order valence-electron chi connectivity index (χ0n) is 14.5. The summed E-state index contributed by atoms with van der Waals surface area (Å²) in [5.41, 5.74) is 2.49. The molecule has 0 saturated carbocycles. The second-order valence-electron chi connectivity index (χ2n) is 7.37.